The first kappa shape index (κ1) is 20.4. The van der Waals surface area contributed by atoms with E-state index in [1.165, 1.54) is 103 Å². The maximum absolute atomic E-state index is 11.8. The van der Waals surface area contributed by atoms with Crippen LogP contribution in [0, 0.1) is 29.6 Å². The van der Waals surface area contributed by atoms with Gasteiger partial charge in [0.05, 0.1) is 0 Å². The number of unbranched alkanes of at least 4 members (excludes halogenated alkanes) is 4. The zero-order valence-corrected chi connectivity index (χ0v) is 17.5. The Morgan fingerprint density at radius 2 is 1.27 bits per heavy atom. The van der Waals surface area contributed by atoms with Crippen LogP contribution in [0.15, 0.2) is 0 Å². The third-order valence-electron chi connectivity index (χ3n) is 8.28. The van der Waals surface area contributed by atoms with Crippen molar-refractivity contribution in [3.05, 3.63) is 0 Å². The van der Waals surface area contributed by atoms with E-state index in [1.807, 2.05) is 0 Å². The standard InChI is InChI=1S/C25H44O/c1-2-3-4-5-6-8-20-11-13-21(14-12-20)22-15-17-23(18-16-22)24-9-7-10-25(26)19-24/h20-24H,2-19H2,1H3/t20-,21-,22-,23-,24?. The van der Waals surface area contributed by atoms with Gasteiger partial charge in [0.15, 0.2) is 0 Å². The monoisotopic (exact) mass is 360 g/mol. The van der Waals surface area contributed by atoms with Crippen molar-refractivity contribution in [3.63, 3.8) is 0 Å². The third-order valence-corrected chi connectivity index (χ3v) is 8.28. The minimum absolute atomic E-state index is 0.552. The van der Waals surface area contributed by atoms with Crippen molar-refractivity contribution in [2.24, 2.45) is 29.6 Å². The Kier molecular flexibility index (Phi) is 8.53. The van der Waals surface area contributed by atoms with Crippen LogP contribution in [0.4, 0.5) is 0 Å². The number of hydrogen-bond donors (Lipinski definition) is 0. The lowest BCUT2D eigenvalue weighted by molar-refractivity contribution is -0.122. The van der Waals surface area contributed by atoms with E-state index >= 15 is 0 Å². The fraction of sp³-hybridized carbons (Fsp3) is 0.960. The number of rotatable bonds is 8. The zero-order chi connectivity index (χ0) is 18.2. The molecule has 0 radical (unpaired) electrons. The average molecular weight is 361 g/mol. The molecule has 0 aromatic carbocycles. The Bertz CT molecular complexity index is 398. The maximum atomic E-state index is 11.8. The summed E-state index contributed by atoms with van der Waals surface area (Å²) in [7, 11) is 0. The van der Waals surface area contributed by atoms with Gasteiger partial charge in [-0.15, -0.1) is 0 Å². The van der Waals surface area contributed by atoms with E-state index in [1.54, 1.807) is 0 Å². The first-order valence-corrected chi connectivity index (χ1v) is 12.3. The highest BCUT2D eigenvalue weighted by Crippen LogP contribution is 2.45. The number of hydrogen-bond acceptors (Lipinski definition) is 1. The van der Waals surface area contributed by atoms with E-state index in [2.05, 4.69) is 6.92 Å². The normalized spacial score (nSPS) is 36.2. The Morgan fingerprint density at radius 1 is 0.692 bits per heavy atom. The fourth-order valence-electron chi connectivity index (χ4n) is 6.53. The fourth-order valence-corrected chi connectivity index (χ4v) is 6.53. The van der Waals surface area contributed by atoms with Gasteiger partial charge in [-0.2, -0.15) is 0 Å². The van der Waals surface area contributed by atoms with Crippen molar-refractivity contribution < 1.29 is 4.79 Å². The summed E-state index contributed by atoms with van der Waals surface area (Å²) in [5, 5.41) is 0. The summed E-state index contributed by atoms with van der Waals surface area (Å²) in [5.41, 5.74) is 0. The van der Waals surface area contributed by atoms with Crippen LogP contribution in [0.2, 0.25) is 0 Å². The lowest BCUT2D eigenvalue weighted by Crippen LogP contribution is -2.30. The molecular weight excluding hydrogens is 316 g/mol. The summed E-state index contributed by atoms with van der Waals surface area (Å²) in [4.78, 5) is 11.8. The van der Waals surface area contributed by atoms with Gasteiger partial charge in [0.25, 0.3) is 0 Å². The molecule has 3 fully saturated rings. The van der Waals surface area contributed by atoms with Crippen LogP contribution in [0.25, 0.3) is 0 Å². The van der Waals surface area contributed by atoms with E-state index in [-0.39, 0.29) is 0 Å². The summed E-state index contributed by atoms with van der Waals surface area (Å²) < 4.78 is 0. The molecule has 3 saturated carbocycles. The minimum atomic E-state index is 0.552. The van der Waals surface area contributed by atoms with Gasteiger partial charge in [-0.3, -0.25) is 4.79 Å². The van der Waals surface area contributed by atoms with Gasteiger partial charge >= 0.3 is 0 Å². The first-order valence-electron chi connectivity index (χ1n) is 12.3. The van der Waals surface area contributed by atoms with Crippen molar-refractivity contribution in [1.82, 2.24) is 0 Å². The topological polar surface area (TPSA) is 17.1 Å². The summed E-state index contributed by atoms with van der Waals surface area (Å²) in [6.45, 7) is 2.31. The molecule has 1 heteroatoms. The molecule has 3 aliphatic carbocycles. The predicted octanol–water partition coefficient (Wildman–Crippen LogP) is 7.72. The highest BCUT2D eigenvalue weighted by Gasteiger charge is 2.34. The summed E-state index contributed by atoms with van der Waals surface area (Å²) >= 11 is 0. The van der Waals surface area contributed by atoms with Gasteiger partial charge in [-0.05, 0) is 81.0 Å². The quantitative estimate of drug-likeness (QED) is 0.405. The van der Waals surface area contributed by atoms with Gasteiger partial charge < -0.3 is 0 Å². The van der Waals surface area contributed by atoms with Crippen LogP contribution >= 0.6 is 0 Å². The lowest BCUT2D eigenvalue weighted by Gasteiger charge is -2.40. The van der Waals surface area contributed by atoms with E-state index in [0.29, 0.717) is 5.78 Å². The molecule has 3 aliphatic rings. The summed E-state index contributed by atoms with van der Waals surface area (Å²) in [6.07, 6.45) is 24.9. The van der Waals surface area contributed by atoms with Gasteiger partial charge in [0.2, 0.25) is 0 Å². The average Bonchev–Trinajstić information content (AvgIpc) is 2.68. The third kappa shape index (κ3) is 6.10. The van der Waals surface area contributed by atoms with E-state index in [4.69, 9.17) is 0 Å². The molecule has 0 aromatic heterocycles. The molecule has 0 bridgehead atoms. The van der Waals surface area contributed by atoms with Crippen LogP contribution in [0.5, 0.6) is 0 Å². The molecule has 1 atom stereocenters. The highest BCUT2D eigenvalue weighted by atomic mass is 16.1. The van der Waals surface area contributed by atoms with Crippen molar-refractivity contribution in [2.75, 3.05) is 0 Å². The Labute approximate surface area is 163 Å². The van der Waals surface area contributed by atoms with Crippen molar-refractivity contribution >= 4 is 5.78 Å². The molecule has 0 aromatic rings. The SMILES string of the molecule is CCCCCCC[C@H]1CC[C@H]([C@H]2CC[C@H](C3CCCC(=O)C3)CC2)CC1. The van der Waals surface area contributed by atoms with Crippen LogP contribution < -0.4 is 0 Å². The molecule has 1 unspecified atom stereocenters. The van der Waals surface area contributed by atoms with E-state index < -0.39 is 0 Å². The van der Waals surface area contributed by atoms with Crippen molar-refractivity contribution in [1.29, 1.82) is 0 Å². The second kappa shape index (κ2) is 10.9. The van der Waals surface area contributed by atoms with Crippen molar-refractivity contribution in [2.45, 2.75) is 122 Å². The van der Waals surface area contributed by atoms with Crippen LogP contribution in [0.3, 0.4) is 0 Å². The molecule has 26 heavy (non-hydrogen) atoms. The van der Waals surface area contributed by atoms with Gasteiger partial charge in [0.1, 0.15) is 5.78 Å². The number of carbonyl (C=O) groups excluding carboxylic acids is 1. The van der Waals surface area contributed by atoms with Crippen LogP contribution in [-0.4, -0.2) is 5.78 Å². The minimum Gasteiger partial charge on any atom is -0.300 e. The molecule has 3 rings (SSSR count). The maximum Gasteiger partial charge on any atom is 0.133 e. The first-order chi connectivity index (χ1) is 12.8. The van der Waals surface area contributed by atoms with Crippen molar-refractivity contribution in [3.8, 4) is 0 Å². The second-order valence-electron chi connectivity index (χ2n) is 10.1. The molecule has 0 amide bonds. The molecule has 0 heterocycles. The highest BCUT2D eigenvalue weighted by molar-refractivity contribution is 5.79. The van der Waals surface area contributed by atoms with Gasteiger partial charge in [0, 0.05) is 12.8 Å². The van der Waals surface area contributed by atoms with Crippen LogP contribution in [-0.2, 0) is 4.79 Å². The molecule has 0 aliphatic heterocycles. The zero-order valence-electron chi connectivity index (χ0n) is 17.5. The molecule has 1 nitrogen and oxygen atoms in total. The molecule has 0 N–H and O–H groups in total. The smallest absolute Gasteiger partial charge is 0.133 e. The van der Waals surface area contributed by atoms with Crippen LogP contribution in [0.1, 0.15) is 122 Å². The predicted molar refractivity (Wildman–Crippen MR) is 111 cm³/mol. The largest absolute Gasteiger partial charge is 0.300 e. The Balaban J connectivity index is 1.30. The molecule has 0 spiro atoms. The molecule has 150 valence electrons. The number of ketones is 1. The van der Waals surface area contributed by atoms with E-state index in [9.17, 15) is 4.79 Å². The second-order valence-corrected chi connectivity index (χ2v) is 10.1. The Morgan fingerprint density at radius 3 is 1.88 bits per heavy atom. The van der Waals surface area contributed by atoms with Gasteiger partial charge in [-0.1, -0.05) is 58.3 Å². The number of Topliss-reactive ketones (excluding diaryl/α,β-unsaturated/α-hetero) is 1. The Hall–Kier alpha value is -0.330. The number of carbonyl (C=O) groups is 1. The summed E-state index contributed by atoms with van der Waals surface area (Å²) in [6, 6.07) is 0. The summed E-state index contributed by atoms with van der Waals surface area (Å²) in [5.74, 6) is 5.31. The lowest BCUT2D eigenvalue weighted by atomic mass is 9.65. The van der Waals surface area contributed by atoms with Gasteiger partial charge in [-0.25, -0.2) is 0 Å². The molecular formula is C25H44O. The molecule has 0 saturated heterocycles. The van der Waals surface area contributed by atoms with E-state index in [0.717, 1.165) is 42.4 Å².